The number of aryl methyl sites for hydroxylation is 1. The van der Waals surface area contributed by atoms with Crippen molar-refractivity contribution in [3.63, 3.8) is 0 Å². The standard InChI is InChI=1S/C8H14N4/c1-2-7-10-8(12-11-7)6-4-3-5-9-6/h6,9H,2-5H2,1H3,(H,10,11,12)/t6-/m0/s1. The molecule has 0 spiro atoms. The molecular weight excluding hydrogens is 152 g/mol. The van der Waals surface area contributed by atoms with E-state index in [1.54, 1.807) is 0 Å². The second kappa shape index (κ2) is 3.23. The molecule has 1 atom stereocenters. The summed E-state index contributed by atoms with van der Waals surface area (Å²) >= 11 is 0. The van der Waals surface area contributed by atoms with Crippen molar-refractivity contribution in [3.05, 3.63) is 11.6 Å². The largest absolute Gasteiger partial charge is 0.307 e. The number of hydrogen-bond donors (Lipinski definition) is 2. The Hall–Kier alpha value is -0.900. The zero-order valence-electron chi connectivity index (χ0n) is 7.30. The third kappa shape index (κ3) is 1.34. The Morgan fingerprint density at radius 3 is 3.08 bits per heavy atom. The van der Waals surface area contributed by atoms with Crippen molar-refractivity contribution >= 4 is 0 Å². The van der Waals surface area contributed by atoms with Crippen LogP contribution in [0.1, 0.15) is 37.5 Å². The van der Waals surface area contributed by atoms with Gasteiger partial charge in [-0.15, -0.1) is 0 Å². The van der Waals surface area contributed by atoms with Gasteiger partial charge in [0.15, 0.2) is 5.82 Å². The number of aromatic amines is 1. The first kappa shape index (κ1) is 7.73. The third-order valence-corrected chi connectivity index (χ3v) is 2.26. The first-order valence-corrected chi connectivity index (χ1v) is 4.54. The zero-order chi connectivity index (χ0) is 8.39. The van der Waals surface area contributed by atoms with Gasteiger partial charge >= 0.3 is 0 Å². The second-order valence-electron chi connectivity index (χ2n) is 3.14. The minimum atomic E-state index is 0.390. The SMILES string of the molecule is CCc1nc([C@@H]2CCCN2)n[nH]1. The monoisotopic (exact) mass is 166 g/mol. The lowest BCUT2D eigenvalue weighted by atomic mass is 10.2. The van der Waals surface area contributed by atoms with Gasteiger partial charge in [-0.1, -0.05) is 6.92 Å². The first-order valence-electron chi connectivity index (χ1n) is 4.54. The van der Waals surface area contributed by atoms with Gasteiger partial charge in [0.25, 0.3) is 0 Å². The predicted molar refractivity (Wildman–Crippen MR) is 45.7 cm³/mol. The van der Waals surface area contributed by atoms with Gasteiger partial charge in [0.1, 0.15) is 5.82 Å². The molecule has 12 heavy (non-hydrogen) atoms. The van der Waals surface area contributed by atoms with Crippen LogP contribution < -0.4 is 5.32 Å². The molecule has 4 heteroatoms. The fraction of sp³-hybridized carbons (Fsp3) is 0.750. The Bertz CT molecular complexity index is 249. The van der Waals surface area contributed by atoms with Crippen LogP contribution in [0.15, 0.2) is 0 Å². The predicted octanol–water partition coefficient (Wildman–Crippen LogP) is 0.792. The Kier molecular flexibility index (Phi) is 2.08. The van der Waals surface area contributed by atoms with Gasteiger partial charge in [-0.3, -0.25) is 5.10 Å². The second-order valence-corrected chi connectivity index (χ2v) is 3.14. The molecule has 0 amide bonds. The van der Waals surface area contributed by atoms with E-state index >= 15 is 0 Å². The van der Waals surface area contributed by atoms with Gasteiger partial charge < -0.3 is 5.32 Å². The number of nitrogens with one attached hydrogen (secondary N) is 2. The summed E-state index contributed by atoms with van der Waals surface area (Å²) in [5.41, 5.74) is 0. The summed E-state index contributed by atoms with van der Waals surface area (Å²) < 4.78 is 0. The van der Waals surface area contributed by atoms with Gasteiger partial charge in [-0.05, 0) is 19.4 Å². The van der Waals surface area contributed by atoms with Crippen molar-refractivity contribution in [1.29, 1.82) is 0 Å². The smallest absolute Gasteiger partial charge is 0.167 e. The molecule has 0 unspecified atom stereocenters. The molecule has 2 rings (SSSR count). The molecule has 4 nitrogen and oxygen atoms in total. The number of aromatic nitrogens is 3. The minimum absolute atomic E-state index is 0.390. The van der Waals surface area contributed by atoms with Crippen LogP contribution in [-0.2, 0) is 6.42 Å². The van der Waals surface area contributed by atoms with E-state index in [0.29, 0.717) is 6.04 Å². The molecule has 1 aliphatic heterocycles. The van der Waals surface area contributed by atoms with Crippen molar-refractivity contribution in [2.75, 3.05) is 6.54 Å². The Balaban J connectivity index is 2.11. The molecule has 1 aromatic rings. The molecule has 0 aromatic carbocycles. The Labute approximate surface area is 71.8 Å². The summed E-state index contributed by atoms with van der Waals surface area (Å²) in [5, 5.41) is 10.5. The molecule has 2 N–H and O–H groups in total. The highest BCUT2D eigenvalue weighted by atomic mass is 15.2. The highest BCUT2D eigenvalue weighted by molar-refractivity contribution is 4.98. The van der Waals surface area contributed by atoms with Crippen LogP contribution in [-0.4, -0.2) is 21.7 Å². The lowest BCUT2D eigenvalue weighted by molar-refractivity contribution is 0.607. The fourth-order valence-corrected chi connectivity index (χ4v) is 1.53. The molecule has 1 aromatic heterocycles. The first-order chi connectivity index (χ1) is 5.90. The number of H-pyrrole nitrogens is 1. The fourth-order valence-electron chi connectivity index (χ4n) is 1.53. The van der Waals surface area contributed by atoms with Gasteiger partial charge in [-0.25, -0.2) is 4.98 Å². The Morgan fingerprint density at radius 1 is 1.58 bits per heavy atom. The van der Waals surface area contributed by atoms with E-state index in [-0.39, 0.29) is 0 Å². The normalized spacial score (nSPS) is 23.2. The van der Waals surface area contributed by atoms with Crippen LogP contribution in [0.4, 0.5) is 0 Å². The summed E-state index contributed by atoms with van der Waals surface area (Å²) in [6, 6.07) is 0.390. The van der Waals surface area contributed by atoms with Crippen molar-refractivity contribution in [2.24, 2.45) is 0 Å². The molecule has 66 valence electrons. The number of rotatable bonds is 2. The molecule has 0 radical (unpaired) electrons. The maximum Gasteiger partial charge on any atom is 0.167 e. The topological polar surface area (TPSA) is 53.6 Å². The highest BCUT2D eigenvalue weighted by Crippen LogP contribution is 2.19. The van der Waals surface area contributed by atoms with Crippen LogP contribution in [0.25, 0.3) is 0 Å². The summed E-state index contributed by atoms with van der Waals surface area (Å²) in [7, 11) is 0. The van der Waals surface area contributed by atoms with Crippen molar-refractivity contribution in [1.82, 2.24) is 20.5 Å². The lowest BCUT2D eigenvalue weighted by Crippen LogP contribution is -2.14. The van der Waals surface area contributed by atoms with E-state index in [1.165, 1.54) is 12.8 Å². The van der Waals surface area contributed by atoms with Crippen molar-refractivity contribution in [3.8, 4) is 0 Å². The van der Waals surface area contributed by atoms with Crippen molar-refractivity contribution in [2.45, 2.75) is 32.2 Å². The Morgan fingerprint density at radius 2 is 2.50 bits per heavy atom. The molecular formula is C8H14N4. The summed E-state index contributed by atoms with van der Waals surface area (Å²) in [6.45, 7) is 3.17. The molecule has 0 saturated carbocycles. The van der Waals surface area contributed by atoms with Gasteiger partial charge in [0, 0.05) is 6.42 Å². The average molecular weight is 166 g/mol. The maximum absolute atomic E-state index is 4.38. The van der Waals surface area contributed by atoms with Gasteiger partial charge in [0.2, 0.25) is 0 Å². The number of nitrogens with zero attached hydrogens (tertiary/aromatic N) is 2. The van der Waals surface area contributed by atoms with E-state index in [9.17, 15) is 0 Å². The molecule has 1 fully saturated rings. The zero-order valence-corrected chi connectivity index (χ0v) is 7.30. The molecule has 0 aliphatic carbocycles. The van der Waals surface area contributed by atoms with E-state index in [2.05, 4.69) is 27.4 Å². The molecule has 0 bridgehead atoms. The lowest BCUT2D eigenvalue weighted by Gasteiger charge is -2.02. The van der Waals surface area contributed by atoms with Crippen LogP contribution in [0.2, 0.25) is 0 Å². The van der Waals surface area contributed by atoms with Crippen LogP contribution in [0.3, 0.4) is 0 Å². The van der Waals surface area contributed by atoms with Gasteiger partial charge in [-0.2, -0.15) is 5.10 Å². The minimum Gasteiger partial charge on any atom is -0.307 e. The van der Waals surface area contributed by atoms with Crippen LogP contribution >= 0.6 is 0 Å². The van der Waals surface area contributed by atoms with Gasteiger partial charge in [0.05, 0.1) is 6.04 Å². The third-order valence-electron chi connectivity index (χ3n) is 2.26. The maximum atomic E-state index is 4.38. The van der Waals surface area contributed by atoms with E-state index in [4.69, 9.17) is 0 Å². The summed E-state index contributed by atoms with van der Waals surface area (Å²) in [5.74, 6) is 1.92. The average Bonchev–Trinajstić information content (AvgIpc) is 2.75. The molecule has 1 aliphatic rings. The van der Waals surface area contributed by atoms with Crippen molar-refractivity contribution < 1.29 is 0 Å². The van der Waals surface area contributed by atoms with Crippen LogP contribution in [0.5, 0.6) is 0 Å². The number of hydrogen-bond acceptors (Lipinski definition) is 3. The quantitative estimate of drug-likeness (QED) is 0.683. The van der Waals surface area contributed by atoms with Crippen LogP contribution in [0, 0.1) is 0 Å². The summed E-state index contributed by atoms with van der Waals surface area (Å²) in [6.07, 6.45) is 3.33. The highest BCUT2D eigenvalue weighted by Gasteiger charge is 2.19. The van der Waals surface area contributed by atoms with E-state index < -0.39 is 0 Å². The van der Waals surface area contributed by atoms with E-state index in [0.717, 1.165) is 24.6 Å². The molecule has 2 heterocycles. The van der Waals surface area contributed by atoms with E-state index in [1.807, 2.05) is 0 Å². The summed E-state index contributed by atoms with van der Waals surface area (Å²) in [4.78, 5) is 4.38. The molecule has 1 saturated heterocycles.